The van der Waals surface area contributed by atoms with Gasteiger partial charge in [0.25, 0.3) is 0 Å². The smallest absolute Gasteiger partial charge is 0.163 e. The molecule has 0 amide bonds. The summed E-state index contributed by atoms with van der Waals surface area (Å²) in [4.78, 5) is 13.5. The van der Waals surface area contributed by atoms with E-state index in [1.807, 2.05) is 24.9 Å². The first-order valence-corrected chi connectivity index (χ1v) is 7.00. The molecule has 0 spiro atoms. The number of furan rings is 1. The molecule has 0 saturated heterocycles. The summed E-state index contributed by atoms with van der Waals surface area (Å²) in [5, 5.41) is 10.6. The van der Waals surface area contributed by atoms with Gasteiger partial charge in [-0.05, 0) is 39.1 Å². The SMILES string of the molecule is CC(=O)c1cc(Cl)cc(CN(C)Cc2ccoc2C)c1O. The molecule has 0 aliphatic heterocycles. The first-order chi connectivity index (χ1) is 9.88. The van der Waals surface area contributed by atoms with Gasteiger partial charge in [0.2, 0.25) is 0 Å². The Bertz CT molecular complexity index is 664. The Morgan fingerprint density at radius 2 is 2.00 bits per heavy atom. The van der Waals surface area contributed by atoms with Gasteiger partial charge in [-0.25, -0.2) is 0 Å². The number of halogens is 1. The number of Topliss-reactive ketones (excluding diaryl/α,β-unsaturated/α-hetero) is 1. The molecular weight excluding hydrogens is 290 g/mol. The molecule has 1 N–H and O–H groups in total. The summed E-state index contributed by atoms with van der Waals surface area (Å²) >= 11 is 6.02. The molecule has 5 heteroatoms. The highest BCUT2D eigenvalue weighted by Gasteiger charge is 2.15. The Morgan fingerprint density at radius 1 is 1.33 bits per heavy atom. The van der Waals surface area contributed by atoms with Crippen LogP contribution in [-0.4, -0.2) is 22.8 Å². The molecule has 2 aromatic rings. The second-order valence-corrected chi connectivity index (χ2v) is 5.63. The first kappa shape index (κ1) is 15.6. The van der Waals surface area contributed by atoms with Gasteiger partial charge >= 0.3 is 0 Å². The second-order valence-electron chi connectivity index (χ2n) is 5.19. The van der Waals surface area contributed by atoms with Crippen molar-refractivity contribution in [3.63, 3.8) is 0 Å². The van der Waals surface area contributed by atoms with Crippen LogP contribution in [0, 0.1) is 6.92 Å². The van der Waals surface area contributed by atoms with Crippen molar-refractivity contribution in [2.24, 2.45) is 0 Å². The lowest BCUT2D eigenvalue weighted by Gasteiger charge is -2.18. The molecular formula is C16H18ClNO3. The van der Waals surface area contributed by atoms with Gasteiger partial charge in [-0.3, -0.25) is 9.69 Å². The van der Waals surface area contributed by atoms with E-state index in [1.165, 1.54) is 13.0 Å². The third-order valence-corrected chi connectivity index (χ3v) is 3.60. The van der Waals surface area contributed by atoms with Crippen LogP contribution in [0.1, 0.15) is 34.2 Å². The lowest BCUT2D eigenvalue weighted by molar-refractivity contribution is 0.101. The van der Waals surface area contributed by atoms with Gasteiger partial charge in [0.1, 0.15) is 11.5 Å². The number of carbonyl (C=O) groups excluding carboxylic acids is 1. The third-order valence-electron chi connectivity index (χ3n) is 3.38. The zero-order chi connectivity index (χ0) is 15.6. The highest BCUT2D eigenvalue weighted by Crippen LogP contribution is 2.29. The minimum absolute atomic E-state index is 0.00247. The molecule has 0 aliphatic carbocycles. The van der Waals surface area contributed by atoms with Crippen LogP contribution in [0.25, 0.3) is 0 Å². The highest BCUT2D eigenvalue weighted by atomic mass is 35.5. The summed E-state index contributed by atoms with van der Waals surface area (Å²) < 4.78 is 5.27. The molecule has 1 heterocycles. The van der Waals surface area contributed by atoms with E-state index in [0.717, 1.165) is 11.3 Å². The van der Waals surface area contributed by atoms with Crippen molar-refractivity contribution in [2.45, 2.75) is 26.9 Å². The average molecular weight is 308 g/mol. The van der Waals surface area contributed by atoms with Crippen LogP contribution in [0.4, 0.5) is 0 Å². The number of ketones is 1. The van der Waals surface area contributed by atoms with E-state index < -0.39 is 0 Å². The maximum atomic E-state index is 11.5. The van der Waals surface area contributed by atoms with Crippen molar-refractivity contribution in [3.8, 4) is 5.75 Å². The number of aryl methyl sites for hydroxylation is 1. The molecule has 2 rings (SSSR count). The van der Waals surface area contributed by atoms with Gasteiger partial charge in [0.15, 0.2) is 5.78 Å². The van der Waals surface area contributed by atoms with E-state index in [-0.39, 0.29) is 17.1 Å². The van der Waals surface area contributed by atoms with Crippen molar-refractivity contribution >= 4 is 17.4 Å². The van der Waals surface area contributed by atoms with Gasteiger partial charge in [-0.1, -0.05) is 11.6 Å². The third kappa shape index (κ3) is 3.65. The lowest BCUT2D eigenvalue weighted by Crippen LogP contribution is -2.17. The van der Waals surface area contributed by atoms with Crippen LogP contribution in [0.3, 0.4) is 0 Å². The Hall–Kier alpha value is -1.78. The summed E-state index contributed by atoms with van der Waals surface area (Å²) in [5.41, 5.74) is 1.98. The molecule has 112 valence electrons. The summed E-state index contributed by atoms with van der Waals surface area (Å²) in [7, 11) is 1.93. The second kappa shape index (κ2) is 6.33. The maximum absolute atomic E-state index is 11.5. The van der Waals surface area contributed by atoms with Crippen molar-refractivity contribution in [1.29, 1.82) is 0 Å². The summed E-state index contributed by atoms with van der Waals surface area (Å²) in [6.45, 7) is 4.49. The first-order valence-electron chi connectivity index (χ1n) is 6.62. The number of nitrogens with zero attached hydrogens (tertiary/aromatic N) is 1. The largest absolute Gasteiger partial charge is 0.507 e. The van der Waals surface area contributed by atoms with Crippen LogP contribution in [0.5, 0.6) is 5.75 Å². The topological polar surface area (TPSA) is 53.7 Å². The van der Waals surface area contributed by atoms with Crippen LogP contribution < -0.4 is 0 Å². The van der Waals surface area contributed by atoms with Gasteiger partial charge in [-0.15, -0.1) is 0 Å². The van der Waals surface area contributed by atoms with Crippen LogP contribution >= 0.6 is 11.6 Å². The fourth-order valence-corrected chi connectivity index (χ4v) is 2.50. The molecule has 0 atom stereocenters. The zero-order valence-corrected chi connectivity index (χ0v) is 13.1. The van der Waals surface area contributed by atoms with Crippen LogP contribution in [0.2, 0.25) is 5.02 Å². The molecule has 1 aromatic heterocycles. The Morgan fingerprint density at radius 3 is 2.57 bits per heavy atom. The van der Waals surface area contributed by atoms with Crippen molar-refractivity contribution < 1.29 is 14.3 Å². The van der Waals surface area contributed by atoms with E-state index in [0.29, 0.717) is 23.7 Å². The van der Waals surface area contributed by atoms with Gasteiger partial charge in [-0.2, -0.15) is 0 Å². The molecule has 0 unspecified atom stereocenters. The van der Waals surface area contributed by atoms with E-state index >= 15 is 0 Å². The molecule has 0 saturated carbocycles. The number of benzene rings is 1. The Labute approximate surface area is 128 Å². The van der Waals surface area contributed by atoms with Crippen molar-refractivity contribution in [3.05, 3.63) is 51.9 Å². The lowest BCUT2D eigenvalue weighted by atomic mass is 10.1. The van der Waals surface area contributed by atoms with E-state index in [9.17, 15) is 9.90 Å². The molecule has 0 aliphatic rings. The quantitative estimate of drug-likeness (QED) is 0.854. The number of hydrogen-bond donors (Lipinski definition) is 1. The Balaban J connectivity index is 2.19. The normalized spacial score (nSPS) is 11.1. The average Bonchev–Trinajstić information content (AvgIpc) is 2.78. The van der Waals surface area contributed by atoms with Gasteiger partial charge < -0.3 is 9.52 Å². The fraction of sp³-hybridized carbons (Fsp3) is 0.312. The highest BCUT2D eigenvalue weighted by molar-refractivity contribution is 6.31. The molecule has 1 aromatic carbocycles. The van der Waals surface area contributed by atoms with E-state index in [2.05, 4.69) is 0 Å². The summed E-state index contributed by atoms with van der Waals surface area (Å²) in [6.07, 6.45) is 1.66. The number of hydrogen-bond acceptors (Lipinski definition) is 4. The number of carbonyl (C=O) groups is 1. The monoisotopic (exact) mass is 307 g/mol. The number of phenolic OH excluding ortho intramolecular Hbond substituents is 1. The predicted octanol–water partition coefficient (Wildman–Crippen LogP) is 3.78. The van der Waals surface area contributed by atoms with Crippen LogP contribution in [0.15, 0.2) is 28.9 Å². The van der Waals surface area contributed by atoms with Crippen molar-refractivity contribution in [1.82, 2.24) is 4.90 Å². The molecule has 0 fully saturated rings. The summed E-state index contributed by atoms with van der Waals surface area (Å²) in [6, 6.07) is 5.09. The molecule has 21 heavy (non-hydrogen) atoms. The van der Waals surface area contributed by atoms with Crippen molar-refractivity contribution in [2.75, 3.05) is 7.05 Å². The molecule has 4 nitrogen and oxygen atoms in total. The molecule has 0 radical (unpaired) electrons. The minimum Gasteiger partial charge on any atom is -0.507 e. The maximum Gasteiger partial charge on any atom is 0.163 e. The molecule has 0 bridgehead atoms. The van der Waals surface area contributed by atoms with Gasteiger partial charge in [0.05, 0.1) is 11.8 Å². The van der Waals surface area contributed by atoms with E-state index in [4.69, 9.17) is 16.0 Å². The standard InChI is InChI=1S/C16H18ClNO3/c1-10(19)15-7-14(17)6-13(16(15)20)9-18(3)8-12-4-5-21-11(12)2/h4-7,20H,8-9H2,1-3H3. The number of phenols is 1. The zero-order valence-electron chi connectivity index (χ0n) is 12.3. The minimum atomic E-state index is -0.204. The Kier molecular flexibility index (Phi) is 4.70. The predicted molar refractivity (Wildman–Crippen MR) is 81.7 cm³/mol. The summed E-state index contributed by atoms with van der Waals surface area (Å²) in [5.74, 6) is 0.675. The van der Waals surface area contributed by atoms with E-state index in [1.54, 1.807) is 12.3 Å². The fourth-order valence-electron chi connectivity index (χ4n) is 2.26. The van der Waals surface area contributed by atoms with Gasteiger partial charge in [0, 0.05) is 29.2 Å². The number of rotatable bonds is 5. The van der Waals surface area contributed by atoms with Crippen LogP contribution in [-0.2, 0) is 13.1 Å². The number of aromatic hydroxyl groups is 1.